The van der Waals surface area contributed by atoms with Gasteiger partial charge in [-0.15, -0.1) is 0 Å². The van der Waals surface area contributed by atoms with Gasteiger partial charge in [0.2, 0.25) is 11.6 Å². The molecule has 0 saturated carbocycles. The Labute approximate surface area is 163 Å². The van der Waals surface area contributed by atoms with Gasteiger partial charge in [0.1, 0.15) is 0 Å². The zero-order valence-electron chi connectivity index (χ0n) is 12.2. The average Bonchev–Trinajstić information content (AvgIpc) is 2.71. The van der Waals surface area contributed by atoms with Crippen LogP contribution in [-0.4, -0.2) is 20.0 Å². The van der Waals surface area contributed by atoms with Crippen molar-refractivity contribution in [3.63, 3.8) is 0 Å². The van der Waals surface area contributed by atoms with Crippen LogP contribution in [0.25, 0.3) is 0 Å². The molecule has 1 aliphatic rings. The van der Waals surface area contributed by atoms with Gasteiger partial charge in [-0.25, -0.2) is 8.42 Å². The third-order valence-corrected chi connectivity index (χ3v) is 7.63. The molecule has 0 aliphatic carbocycles. The van der Waals surface area contributed by atoms with Crippen LogP contribution in [-0.2, 0) is 19.4 Å². The molecule has 4 nitrogen and oxygen atoms in total. The van der Waals surface area contributed by atoms with E-state index < -0.39 is 31.9 Å². The third kappa shape index (κ3) is 3.09. The minimum atomic E-state index is -4.19. The van der Waals surface area contributed by atoms with Crippen molar-refractivity contribution in [3.05, 3.63) is 67.6 Å². The summed E-state index contributed by atoms with van der Waals surface area (Å²) < 4.78 is 25.8. The van der Waals surface area contributed by atoms with Crippen molar-refractivity contribution in [3.8, 4) is 0 Å². The maximum Gasteiger partial charge on any atom is 0.222 e. The highest BCUT2D eigenvalue weighted by Crippen LogP contribution is 2.44. The van der Waals surface area contributed by atoms with Crippen molar-refractivity contribution in [2.45, 2.75) is 10.5 Å². The molecule has 2 unspecified atom stereocenters. The number of halogens is 4. The standard InChI is InChI=1S/C16H8Cl4O4S/c17-9-3-1-7(5-11(9)19)15-13(21)14(22)16(25(15,23)24)8-2-4-10(18)12(20)6-8/h1-6,15-16H. The van der Waals surface area contributed by atoms with Crippen molar-refractivity contribution in [2.75, 3.05) is 0 Å². The van der Waals surface area contributed by atoms with E-state index in [4.69, 9.17) is 46.4 Å². The summed E-state index contributed by atoms with van der Waals surface area (Å²) in [6.07, 6.45) is 0. The Bertz CT molecular complexity index is 941. The molecule has 0 amide bonds. The van der Waals surface area contributed by atoms with E-state index in [1.807, 2.05) is 0 Å². The number of benzene rings is 2. The second kappa shape index (κ2) is 6.56. The van der Waals surface area contributed by atoms with Crippen LogP contribution in [0.1, 0.15) is 21.6 Å². The summed E-state index contributed by atoms with van der Waals surface area (Å²) in [6, 6.07) is 8.01. The van der Waals surface area contributed by atoms with E-state index in [0.29, 0.717) is 0 Å². The summed E-state index contributed by atoms with van der Waals surface area (Å²) in [5.74, 6) is -2.04. The average molecular weight is 438 g/mol. The monoisotopic (exact) mass is 436 g/mol. The van der Waals surface area contributed by atoms with Crippen LogP contribution in [0.15, 0.2) is 36.4 Å². The lowest BCUT2D eigenvalue weighted by Crippen LogP contribution is -2.15. The van der Waals surface area contributed by atoms with Gasteiger partial charge in [-0.2, -0.15) is 0 Å². The molecule has 0 spiro atoms. The van der Waals surface area contributed by atoms with Gasteiger partial charge in [0, 0.05) is 0 Å². The normalized spacial score (nSPS) is 22.4. The van der Waals surface area contributed by atoms with Crippen LogP contribution in [0.5, 0.6) is 0 Å². The summed E-state index contributed by atoms with van der Waals surface area (Å²) >= 11 is 23.5. The Balaban J connectivity index is 2.14. The van der Waals surface area contributed by atoms with E-state index in [1.54, 1.807) is 0 Å². The second-order valence-corrected chi connectivity index (χ2v) is 9.17. The molecule has 0 N–H and O–H groups in total. The molecule has 1 heterocycles. The smallest absolute Gasteiger partial charge is 0.222 e. The Kier molecular flexibility index (Phi) is 4.90. The maximum absolute atomic E-state index is 12.9. The molecular formula is C16H8Cl4O4S. The van der Waals surface area contributed by atoms with Gasteiger partial charge in [-0.05, 0) is 35.4 Å². The number of hydrogen-bond donors (Lipinski definition) is 0. The maximum atomic E-state index is 12.9. The highest BCUT2D eigenvalue weighted by atomic mass is 35.5. The lowest BCUT2D eigenvalue weighted by molar-refractivity contribution is -0.135. The van der Waals surface area contributed by atoms with Gasteiger partial charge in [0.15, 0.2) is 20.3 Å². The summed E-state index contributed by atoms with van der Waals surface area (Å²) in [7, 11) is -4.19. The fourth-order valence-electron chi connectivity index (χ4n) is 2.73. The summed E-state index contributed by atoms with van der Waals surface area (Å²) in [4.78, 5) is 24.8. The van der Waals surface area contributed by atoms with Crippen LogP contribution in [0.2, 0.25) is 20.1 Å². The first-order valence-electron chi connectivity index (χ1n) is 6.85. The van der Waals surface area contributed by atoms with Crippen molar-refractivity contribution in [1.82, 2.24) is 0 Å². The second-order valence-electron chi connectivity index (χ2n) is 5.42. The number of carbonyl (C=O) groups is 2. The van der Waals surface area contributed by atoms with Gasteiger partial charge in [-0.3, -0.25) is 9.59 Å². The Morgan fingerprint density at radius 3 is 1.32 bits per heavy atom. The Hall–Kier alpha value is -1.11. The molecule has 25 heavy (non-hydrogen) atoms. The first-order chi connectivity index (χ1) is 11.6. The molecule has 9 heteroatoms. The Morgan fingerprint density at radius 1 is 0.640 bits per heavy atom. The SMILES string of the molecule is O=C1C(=O)C(c2ccc(Cl)c(Cl)c2)S(=O)(=O)C1c1ccc(Cl)c(Cl)c1. The number of Topliss-reactive ketones (excluding diaryl/α,β-unsaturated/α-hetero) is 2. The molecule has 1 fully saturated rings. The molecule has 0 radical (unpaired) electrons. The van der Waals surface area contributed by atoms with E-state index in [2.05, 4.69) is 0 Å². The lowest BCUT2D eigenvalue weighted by Gasteiger charge is -2.13. The number of ketones is 2. The van der Waals surface area contributed by atoms with Gasteiger partial charge >= 0.3 is 0 Å². The molecule has 0 aromatic heterocycles. The fourth-order valence-corrected chi connectivity index (χ4v) is 5.49. The summed E-state index contributed by atoms with van der Waals surface area (Å²) in [5, 5.41) is -2.66. The van der Waals surface area contributed by atoms with Gasteiger partial charge in [0.25, 0.3) is 0 Å². The number of rotatable bonds is 2. The Morgan fingerprint density at radius 2 is 1.00 bits per heavy atom. The molecule has 0 bridgehead atoms. The van der Waals surface area contributed by atoms with Crippen LogP contribution in [0, 0.1) is 0 Å². The zero-order chi connectivity index (χ0) is 18.5. The minimum absolute atomic E-state index is 0.0904. The first kappa shape index (κ1) is 18.7. The topological polar surface area (TPSA) is 68.3 Å². The van der Waals surface area contributed by atoms with E-state index in [-0.39, 0.29) is 31.2 Å². The zero-order valence-corrected chi connectivity index (χ0v) is 16.0. The van der Waals surface area contributed by atoms with E-state index in [1.165, 1.54) is 36.4 Å². The number of carbonyl (C=O) groups excluding carboxylic acids is 2. The highest BCUT2D eigenvalue weighted by Gasteiger charge is 2.55. The van der Waals surface area contributed by atoms with Crippen molar-refractivity contribution < 1.29 is 18.0 Å². The number of hydrogen-bond acceptors (Lipinski definition) is 4. The molecule has 1 saturated heterocycles. The van der Waals surface area contributed by atoms with Crippen molar-refractivity contribution in [2.24, 2.45) is 0 Å². The van der Waals surface area contributed by atoms with Crippen LogP contribution < -0.4 is 0 Å². The third-order valence-electron chi connectivity index (χ3n) is 3.87. The molecule has 2 atom stereocenters. The molecule has 2 aromatic carbocycles. The first-order valence-corrected chi connectivity index (χ1v) is 9.97. The predicted octanol–water partition coefficient (Wildman–Crippen LogP) is 4.65. The molecule has 2 aromatic rings. The van der Waals surface area contributed by atoms with E-state index in [9.17, 15) is 18.0 Å². The van der Waals surface area contributed by atoms with E-state index in [0.717, 1.165) is 0 Å². The van der Waals surface area contributed by atoms with Crippen molar-refractivity contribution >= 4 is 67.8 Å². The quantitative estimate of drug-likeness (QED) is 0.641. The van der Waals surface area contributed by atoms with Crippen LogP contribution in [0.4, 0.5) is 0 Å². The van der Waals surface area contributed by atoms with Crippen LogP contribution >= 0.6 is 46.4 Å². The van der Waals surface area contributed by atoms with E-state index >= 15 is 0 Å². The molecule has 130 valence electrons. The van der Waals surface area contributed by atoms with Crippen molar-refractivity contribution in [1.29, 1.82) is 0 Å². The predicted molar refractivity (Wildman–Crippen MR) is 97.3 cm³/mol. The summed E-state index contributed by atoms with van der Waals surface area (Å²) in [6.45, 7) is 0. The lowest BCUT2D eigenvalue weighted by atomic mass is 10.0. The minimum Gasteiger partial charge on any atom is -0.289 e. The van der Waals surface area contributed by atoms with Gasteiger partial charge in [-0.1, -0.05) is 58.5 Å². The molecule has 1 aliphatic heterocycles. The fraction of sp³-hybridized carbons (Fsp3) is 0.125. The summed E-state index contributed by atoms with van der Waals surface area (Å²) in [5.41, 5.74) is 0.186. The van der Waals surface area contributed by atoms with Crippen LogP contribution in [0.3, 0.4) is 0 Å². The molecular weight excluding hydrogens is 430 g/mol. The largest absolute Gasteiger partial charge is 0.289 e. The highest BCUT2D eigenvalue weighted by molar-refractivity contribution is 7.94. The van der Waals surface area contributed by atoms with Gasteiger partial charge in [0.05, 0.1) is 20.1 Å². The van der Waals surface area contributed by atoms with Gasteiger partial charge < -0.3 is 0 Å². The molecule has 3 rings (SSSR count). The number of sulfone groups is 1.